The molecule has 0 atom stereocenters. The Morgan fingerprint density at radius 3 is 2.41 bits per heavy atom. The Balaban J connectivity index is 1.24. The number of aryl methyl sites for hydroxylation is 1. The molecule has 3 heterocycles. The highest BCUT2D eigenvalue weighted by atomic mass is 16.2. The van der Waals surface area contributed by atoms with E-state index in [9.17, 15) is 9.59 Å². The molecule has 0 saturated carbocycles. The molecule has 2 aliphatic rings. The van der Waals surface area contributed by atoms with Crippen molar-refractivity contribution >= 4 is 23.6 Å². The van der Waals surface area contributed by atoms with E-state index in [4.69, 9.17) is 0 Å². The van der Waals surface area contributed by atoms with Crippen molar-refractivity contribution < 1.29 is 9.59 Å². The molecule has 0 aliphatic carbocycles. The van der Waals surface area contributed by atoms with Crippen LogP contribution in [0.25, 0.3) is 6.08 Å². The minimum atomic E-state index is -0.0592. The maximum absolute atomic E-state index is 13.3. The fraction of sp³-hybridized carbons (Fsp3) is 0.296. The van der Waals surface area contributed by atoms with Crippen molar-refractivity contribution in [2.75, 3.05) is 37.6 Å². The van der Waals surface area contributed by atoms with Crippen LogP contribution in [0.4, 0.5) is 5.69 Å². The monoisotopic (exact) mass is 455 g/mol. The number of hydrogen-bond donors (Lipinski definition) is 1. The number of H-pyrrole nitrogens is 1. The van der Waals surface area contributed by atoms with Crippen LogP contribution in [0.15, 0.2) is 60.7 Å². The molecule has 1 saturated heterocycles. The minimum Gasteiger partial charge on any atom is -0.368 e. The highest BCUT2D eigenvalue weighted by Crippen LogP contribution is 2.24. The van der Waals surface area contributed by atoms with Gasteiger partial charge in [-0.15, -0.1) is 0 Å². The van der Waals surface area contributed by atoms with Crippen molar-refractivity contribution in [1.29, 1.82) is 0 Å². The van der Waals surface area contributed by atoms with Gasteiger partial charge in [0.1, 0.15) is 0 Å². The van der Waals surface area contributed by atoms with Crippen molar-refractivity contribution in [2.45, 2.75) is 19.9 Å². The predicted octanol–water partition coefficient (Wildman–Crippen LogP) is 3.28. The number of piperazine rings is 1. The summed E-state index contributed by atoms with van der Waals surface area (Å²) in [5.41, 5.74) is 5.71. The van der Waals surface area contributed by atoms with Gasteiger partial charge >= 0.3 is 0 Å². The Kier molecular flexibility index (Phi) is 6.16. The molecule has 7 heteroatoms. The van der Waals surface area contributed by atoms with E-state index < -0.39 is 0 Å². The van der Waals surface area contributed by atoms with Crippen LogP contribution in [0.2, 0.25) is 0 Å². The molecule has 2 aliphatic heterocycles. The maximum Gasteiger partial charge on any atom is 0.274 e. The number of hydrogen-bond acceptors (Lipinski definition) is 4. The zero-order chi connectivity index (χ0) is 23.5. The van der Waals surface area contributed by atoms with E-state index in [-0.39, 0.29) is 11.8 Å². The number of aromatic nitrogens is 2. The molecule has 1 fully saturated rings. The van der Waals surface area contributed by atoms with Gasteiger partial charge in [0.25, 0.3) is 5.91 Å². The number of amides is 2. The van der Waals surface area contributed by atoms with Crippen LogP contribution in [-0.2, 0) is 17.8 Å². The molecule has 3 aromatic rings. The van der Waals surface area contributed by atoms with E-state index in [2.05, 4.69) is 40.2 Å². The fourth-order valence-corrected chi connectivity index (χ4v) is 4.72. The predicted molar refractivity (Wildman–Crippen MR) is 132 cm³/mol. The van der Waals surface area contributed by atoms with E-state index in [0.717, 1.165) is 29.9 Å². The summed E-state index contributed by atoms with van der Waals surface area (Å²) >= 11 is 0. The lowest BCUT2D eigenvalue weighted by molar-refractivity contribution is -0.126. The average Bonchev–Trinajstić information content (AvgIpc) is 3.31. The third kappa shape index (κ3) is 4.46. The number of rotatable bonds is 4. The summed E-state index contributed by atoms with van der Waals surface area (Å²) in [5, 5.41) is 7.41. The van der Waals surface area contributed by atoms with Gasteiger partial charge in [-0.05, 0) is 30.2 Å². The minimum absolute atomic E-state index is 0.0547. The Bertz CT molecular complexity index is 1210. The first-order chi connectivity index (χ1) is 16.6. The summed E-state index contributed by atoms with van der Waals surface area (Å²) in [6.07, 6.45) is 4.10. The first-order valence-corrected chi connectivity index (χ1v) is 11.8. The second-order valence-electron chi connectivity index (χ2n) is 8.85. The molecule has 34 heavy (non-hydrogen) atoms. The fourth-order valence-electron chi connectivity index (χ4n) is 4.72. The molecule has 0 radical (unpaired) electrons. The molecule has 1 aromatic heterocycles. The number of carbonyl (C=O) groups is 2. The number of fused-ring (bicyclic) bond motifs is 1. The normalized spacial score (nSPS) is 16.1. The zero-order valence-corrected chi connectivity index (χ0v) is 19.4. The molecule has 1 N–H and O–H groups in total. The molecule has 7 nitrogen and oxygen atoms in total. The van der Waals surface area contributed by atoms with E-state index >= 15 is 0 Å². The number of para-hydroxylation sites is 1. The molecular formula is C27H29N5O2. The number of nitrogens with one attached hydrogen (secondary N) is 1. The summed E-state index contributed by atoms with van der Waals surface area (Å²) in [5.74, 6) is -0.114. The second kappa shape index (κ2) is 9.55. The largest absolute Gasteiger partial charge is 0.368 e. The van der Waals surface area contributed by atoms with Crippen molar-refractivity contribution in [2.24, 2.45) is 0 Å². The van der Waals surface area contributed by atoms with Crippen LogP contribution in [0.5, 0.6) is 0 Å². The molecule has 0 unspecified atom stereocenters. The standard InChI is InChI=1S/C27H29N5O2/c1-20-7-5-6-10-24(20)30-15-17-31(18-16-30)27(34)26-22-19-32(14-13-23(22)28-29-26)25(33)12-11-21-8-3-2-4-9-21/h2-12H,13-19H2,1H3,(H,28,29). The van der Waals surface area contributed by atoms with Gasteiger partial charge in [-0.25, -0.2) is 0 Å². The summed E-state index contributed by atoms with van der Waals surface area (Å²) in [6, 6.07) is 18.1. The van der Waals surface area contributed by atoms with Crippen LogP contribution in [0.1, 0.15) is 32.9 Å². The summed E-state index contributed by atoms with van der Waals surface area (Å²) < 4.78 is 0. The van der Waals surface area contributed by atoms with E-state index in [1.807, 2.05) is 47.4 Å². The lowest BCUT2D eigenvalue weighted by Gasteiger charge is -2.36. The van der Waals surface area contributed by atoms with Gasteiger partial charge in [-0.1, -0.05) is 48.5 Å². The van der Waals surface area contributed by atoms with Crippen molar-refractivity contribution in [3.05, 3.63) is 88.8 Å². The van der Waals surface area contributed by atoms with Gasteiger partial charge in [0.05, 0.1) is 6.54 Å². The van der Waals surface area contributed by atoms with Crippen molar-refractivity contribution in [3.63, 3.8) is 0 Å². The molecule has 2 aromatic carbocycles. The quantitative estimate of drug-likeness (QED) is 0.613. The number of aromatic amines is 1. The molecular weight excluding hydrogens is 426 g/mol. The molecule has 5 rings (SSSR count). The molecule has 174 valence electrons. The van der Waals surface area contributed by atoms with Gasteiger partial charge in [-0.2, -0.15) is 5.10 Å². The number of nitrogens with zero attached hydrogens (tertiary/aromatic N) is 4. The van der Waals surface area contributed by atoms with E-state index in [1.54, 1.807) is 11.0 Å². The Morgan fingerprint density at radius 1 is 0.912 bits per heavy atom. The van der Waals surface area contributed by atoms with Crippen molar-refractivity contribution in [3.8, 4) is 0 Å². The Morgan fingerprint density at radius 2 is 1.65 bits per heavy atom. The third-order valence-corrected chi connectivity index (χ3v) is 6.69. The van der Waals surface area contributed by atoms with Crippen molar-refractivity contribution in [1.82, 2.24) is 20.0 Å². The van der Waals surface area contributed by atoms with Crippen LogP contribution < -0.4 is 4.90 Å². The zero-order valence-electron chi connectivity index (χ0n) is 19.4. The Hall–Kier alpha value is -3.87. The van der Waals surface area contributed by atoms with Crippen LogP contribution in [-0.4, -0.2) is 64.5 Å². The van der Waals surface area contributed by atoms with Crippen LogP contribution >= 0.6 is 0 Å². The SMILES string of the molecule is Cc1ccccc1N1CCN(C(=O)c2n[nH]c3c2CN(C(=O)C=Cc2ccccc2)CC3)CC1. The van der Waals surface area contributed by atoms with Gasteiger partial charge in [0, 0.05) is 62.2 Å². The molecule has 0 spiro atoms. The van der Waals surface area contributed by atoms with E-state index in [0.29, 0.717) is 38.3 Å². The van der Waals surface area contributed by atoms with Crippen LogP contribution in [0.3, 0.4) is 0 Å². The number of carbonyl (C=O) groups excluding carboxylic acids is 2. The van der Waals surface area contributed by atoms with Gasteiger partial charge in [0.15, 0.2) is 5.69 Å². The first-order valence-electron chi connectivity index (χ1n) is 11.8. The highest BCUT2D eigenvalue weighted by Gasteiger charge is 2.31. The van der Waals surface area contributed by atoms with Gasteiger partial charge in [-0.3, -0.25) is 14.7 Å². The second-order valence-corrected chi connectivity index (χ2v) is 8.85. The maximum atomic E-state index is 13.3. The lowest BCUT2D eigenvalue weighted by Crippen LogP contribution is -2.49. The third-order valence-electron chi connectivity index (χ3n) is 6.69. The molecule has 2 amide bonds. The van der Waals surface area contributed by atoms with Gasteiger partial charge < -0.3 is 14.7 Å². The van der Waals surface area contributed by atoms with Crippen LogP contribution in [0, 0.1) is 6.92 Å². The summed E-state index contributed by atoms with van der Waals surface area (Å²) in [6.45, 7) is 6.00. The topological polar surface area (TPSA) is 72.5 Å². The van der Waals surface area contributed by atoms with Gasteiger partial charge in [0.2, 0.25) is 5.91 Å². The summed E-state index contributed by atoms with van der Waals surface area (Å²) in [7, 11) is 0. The first kappa shape index (κ1) is 21.9. The highest BCUT2D eigenvalue weighted by molar-refractivity contribution is 5.95. The lowest BCUT2D eigenvalue weighted by atomic mass is 10.0. The number of anilines is 1. The smallest absolute Gasteiger partial charge is 0.274 e. The van der Waals surface area contributed by atoms with E-state index in [1.165, 1.54) is 11.3 Å². The number of benzene rings is 2. The average molecular weight is 456 g/mol. The molecule has 0 bridgehead atoms. The summed E-state index contributed by atoms with van der Waals surface area (Å²) in [4.78, 5) is 32.1. The Labute approximate surface area is 199 Å².